The van der Waals surface area contributed by atoms with Crippen LogP contribution in [0.15, 0.2) is 6.20 Å². The SMILES string of the molecule is CCNC(=O)N1CCN(C(=O)CCc2c(C)nc3c(C#N)cnn3c2C)CC1. The van der Waals surface area contributed by atoms with Crippen LogP contribution in [0.1, 0.15) is 35.9 Å². The Kier molecular flexibility index (Phi) is 5.78. The first kappa shape index (κ1) is 19.6. The minimum absolute atomic E-state index is 0.0730. The third-order valence-corrected chi connectivity index (χ3v) is 5.17. The second-order valence-electron chi connectivity index (χ2n) is 6.87. The fourth-order valence-corrected chi connectivity index (χ4v) is 3.56. The molecule has 2 aromatic heterocycles. The van der Waals surface area contributed by atoms with E-state index in [0.717, 1.165) is 17.0 Å². The standard InChI is InChI=1S/C19H25N7O2/c1-4-21-19(28)25-9-7-24(8-10-25)17(27)6-5-16-13(2)23-18-15(11-20)12-22-26(18)14(16)3/h12H,4-10H2,1-3H3,(H,21,28). The molecule has 3 heterocycles. The molecule has 2 aromatic rings. The van der Waals surface area contributed by atoms with Crippen LogP contribution in [0, 0.1) is 25.2 Å². The Labute approximate surface area is 163 Å². The number of nitriles is 1. The maximum Gasteiger partial charge on any atom is 0.317 e. The first-order chi connectivity index (χ1) is 13.5. The quantitative estimate of drug-likeness (QED) is 0.848. The minimum Gasteiger partial charge on any atom is -0.339 e. The lowest BCUT2D eigenvalue weighted by Gasteiger charge is -2.34. The predicted octanol–water partition coefficient (Wildman–Crippen LogP) is 1.02. The molecule has 1 aliphatic rings. The number of amides is 3. The largest absolute Gasteiger partial charge is 0.339 e. The number of carbonyl (C=O) groups excluding carboxylic acids is 2. The average Bonchev–Trinajstić information content (AvgIpc) is 3.11. The molecule has 0 aliphatic carbocycles. The van der Waals surface area contributed by atoms with E-state index >= 15 is 0 Å². The molecule has 148 valence electrons. The molecule has 1 saturated heterocycles. The maximum absolute atomic E-state index is 12.6. The van der Waals surface area contributed by atoms with Crippen LogP contribution in [0.4, 0.5) is 4.79 Å². The summed E-state index contributed by atoms with van der Waals surface area (Å²) in [5.41, 5.74) is 3.69. The van der Waals surface area contributed by atoms with Crippen molar-refractivity contribution in [2.24, 2.45) is 0 Å². The van der Waals surface area contributed by atoms with Crippen molar-refractivity contribution in [2.75, 3.05) is 32.7 Å². The Bertz CT molecular complexity index is 936. The number of aryl methyl sites for hydroxylation is 2. The normalized spacial score (nSPS) is 14.2. The van der Waals surface area contributed by atoms with Gasteiger partial charge >= 0.3 is 6.03 Å². The van der Waals surface area contributed by atoms with Gasteiger partial charge in [0, 0.05) is 50.5 Å². The molecule has 0 unspecified atom stereocenters. The summed E-state index contributed by atoms with van der Waals surface area (Å²) in [5.74, 6) is 0.0765. The van der Waals surface area contributed by atoms with Crippen molar-refractivity contribution in [1.82, 2.24) is 29.7 Å². The molecule has 1 fully saturated rings. The first-order valence-corrected chi connectivity index (χ1v) is 9.50. The number of hydrogen-bond donors (Lipinski definition) is 1. The summed E-state index contributed by atoms with van der Waals surface area (Å²) in [6, 6.07) is 2.02. The van der Waals surface area contributed by atoms with E-state index < -0.39 is 0 Å². The van der Waals surface area contributed by atoms with Gasteiger partial charge in [-0.25, -0.2) is 14.3 Å². The van der Waals surface area contributed by atoms with Crippen LogP contribution < -0.4 is 5.32 Å². The molecular formula is C19H25N7O2. The first-order valence-electron chi connectivity index (χ1n) is 9.50. The van der Waals surface area contributed by atoms with Gasteiger partial charge in [-0.1, -0.05) is 0 Å². The van der Waals surface area contributed by atoms with E-state index in [9.17, 15) is 9.59 Å². The smallest absolute Gasteiger partial charge is 0.317 e. The molecule has 28 heavy (non-hydrogen) atoms. The van der Waals surface area contributed by atoms with Crippen LogP contribution >= 0.6 is 0 Å². The summed E-state index contributed by atoms with van der Waals surface area (Å²) in [6.07, 6.45) is 2.46. The molecule has 0 spiro atoms. The van der Waals surface area contributed by atoms with E-state index in [-0.39, 0.29) is 11.9 Å². The highest BCUT2D eigenvalue weighted by Crippen LogP contribution is 2.19. The van der Waals surface area contributed by atoms with Gasteiger partial charge in [-0.15, -0.1) is 0 Å². The van der Waals surface area contributed by atoms with Crippen LogP contribution in [0.25, 0.3) is 5.65 Å². The number of hydrogen-bond acceptors (Lipinski definition) is 5. The predicted molar refractivity (Wildman–Crippen MR) is 103 cm³/mol. The van der Waals surface area contributed by atoms with Gasteiger partial charge in [0.1, 0.15) is 11.6 Å². The van der Waals surface area contributed by atoms with Crippen molar-refractivity contribution in [1.29, 1.82) is 5.26 Å². The van der Waals surface area contributed by atoms with Crippen LogP contribution in [0.5, 0.6) is 0 Å². The number of rotatable bonds is 4. The lowest BCUT2D eigenvalue weighted by Crippen LogP contribution is -2.53. The molecule has 0 bridgehead atoms. The fourth-order valence-electron chi connectivity index (χ4n) is 3.56. The zero-order valence-electron chi connectivity index (χ0n) is 16.5. The van der Waals surface area contributed by atoms with Gasteiger partial charge in [-0.05, 0) is 32.8 Å². The number of fused-ring (bicyclic) bond motifs is 1. The number of nitrogens with one attached hydrogen (secondary N) is 1. The minimum atomic E-state index is -0.0730. The number of piperazine rings is 1. The molecule has 0 saturated carbocycles. The Morgan fingerprint density at radius 1 is 1.21 bits per heavy atom. The second kappa shape index (κ2) is 8.25. The molecule has 9 heteroatoms. The van der Waals surface area contributed by atoms with Crippen molar-refractivity contribution in [2.45, 2.75) is 33.6 Å². The van der Waals surface area contributed by atoms with Gasteiger partial charge in [-0.2, -0.15) is 10.4 Å². The van der Waals surface area contributed by atoms with E-state index in [2.05, 4.69) is 21.5 Å². The summed E-state index contributed by atoms with van der Waals surface area (Å²) in [5, 5.41) is 16.2. The molecule has 0 atom stereocenters. The second-order valence-corrected chi connectivity index (χ2v) is 6.87. The van der Waals surface area contributed by atoms with Crippen LogP contribution in [0.3, 0.4) is 0 Å². The van der Waals surface area contributed by atoms with Crippen molar-refractivity contribution in [3.8, 4) is 6.07 Å². The number of carbonyl (C=O) groups is 2. The van der Waals surface area contributed by atoms with E-state index in [4.69, 9.17) is 5.26 Å². The number of urea groups is 1. The van der Waals surface area contributed by atoms with E-state index in [1.807, 2.05) is 25.7 Å². The summed E-state index contributed by atoms with van der Waals surface area (Å²) >= 11 is 0. The molecule has 3 amide bonds. The zero-order valence-corrected chi connectivity index (χ0v) is 16.5. The Hall–Kier alpha value is -3.15. The molecule has 3 rings (SSSR count). The lowest BCUT2D eigenvalue weighted by molar-refractivity contribution is -0.132. The molecule has 9 nitrogen and oxygen atoms in total. The average molecular weight is 383 g/mol. The van der Waals surface area contributed by atoms with Gasteiger partial charge in [0.2, 0.25) is 5.91 Å². The monoisotopic (exact) mass is 383 g/mol. The number of aromatic nitrogens is 3. The van der Waals surface area contributed by atoms with Crippen LogP contribution in [-0.4, -0.2) is 69.1 Å². The summed E-state index contributed by atoms with van der Waals surface area (Å²) in [4.78, 5) is 32.6. The van der Waals surface area contributed by atoms with Gasteiger partial charge in [0.25, 0.3) is 0 Å². The van der Waals surface area contributed by atoms with Gasteiger partial charge < -0.3 is 15.1 Å². The third kappa shape index (κ3) is 3.76. The molecule has 1 aliphatic heterocycles. The highest BCUT2D eigenvalue weighted by molar-refractivity contribution is 5.78. The number of nitrogens with zero attached hydrogens (tertiary/aromatic N) is 6. The fraction of sp³-hybridized carbons (Fsp3) is 0.526. The third-order valence-electron chi connectivity index (χ3n) is 5.17. The summed E-state index contributed by atoms with van der Waals surface area (Å²) < 4.78 is 1.66. The van der Waals surface area contributed by atoms with Crippen molar-refractivity contribution >= 4 is 17.6 Å². The van der Waals surface area contributed by atoms with Crippen molar-refractivity contribution in [3.05, 3.63) is 28.7 Å². The highest BCUT2D eigenvalue weighted by atomic mass is 16.2. The Morgan fingerprint density at radius 2 is 1.89 bits per heavy atom. The molecule has 0 radical (unpaired) electrons. The van der Waals surface area contributed by atoms with E-state index in [1.54, 1.807) is 9.42 Å². The Morgan fingerprint density at radius 3 is 2.54 bits per heavy atom. The summed E-state index contributed by atoms with van der Waals surface area (Å²) in [7, 11) is 0. The van der Waals surface area contributed by atoms with Crippen LogP contribution in [-0.2, 0) is 11.2 Å². The zero-order chi connectivity index (χ0) is 20.3. The van der Waals surface area contributed by atoms with E-state index in [1.165, 1.54) is 6.20 Å². The van der Waals surface area contributed by atoms with Crippen LogP contribution in [0.2, 0.25) is 0 Å². The molecular weight excluding hydrogens is 358 g/mol. The summed E-state index contributed by atoms with van der Waals surface area (Å²) in [6.45, 7) is 8.51. The Balaban J connectivity index is 1.63. The van der Waals surface area contributed by atoms with Crippen molar-refractivity contribution < 1.29 is 9.59 Å². The molecule has 1 N–H and O–H groups in total. The maximum atomic E-state index is 12.6. The highest BCUT2D eigenvalue weighted by Gasteiger charge is 2.24. The molecule has 0 aromatic carbocycles. The lowest BCUT2D eigenvalue weighted by atomic mass is 10.1. The van der Waals surface area contributed by atoms with Gasteiger partial charge in [0.05, 0.1) is 6.20 Å². The topological polar surface area (TPSA) is 107 Å². The van der Waals surface area contributed by atoms with Gasteiger partial charge in [0.15, 0.2) is 5.65 Å². The van der Waals surface area contributed by atoms with Gasteiger partial charge in [-0.3, -0.25) is 4.79 Å². The van der Waals surface area contributed by atoms with E-state index in [0.29, 0.717) is 56.8 Å². The van der Waals surface area contributed by atoms with Crippen molar-refractivity contribution in [3.63, 3.8) is 0 Å².